The van der Waals surface area contributed by atoms with Crippen LogP contribution in [0.4, 0.5) is 5.82 Å². The predicted octanol–water partition coefficient (Wildman–Crippen LogP) is 3.25. The Kier molecular flexibility index (Phi) is 3.81. The molecule has 5 N–H and O–H groups in total. The van der Waals surface area contributed by atoms with E-state index in [1.807, 2.05) is 24.3 Å². The number of anilines is 1. The maximum Gasteiger partial charge on any atom is 0.124 e. The van der Waals surface area contributed by atoms with Gasteiger partial charge in [0.1, 0.15) is 11.6 Å². The Morgan fingerprint density at radius 2 is 1.91 bits per heavy atom. The fourth-order valence-corrected chi connectivity index (χ4v) is 2.63. The van der Waals surface area contributed by atoms with E-state index in [2.05, 4.69) is 34.9 Å². The number of fused-ring (bicyclic) bond motifs is 1. The van der Waals surface area contributed by atoms with Gasteiger partial charge < -0.3 is 16.5 Å². The van der Waals surface area contributed by atoms with Gasteiger partial charge in [0.15, 0.2) is 0 Å². The van der Waals surface area contributed by atoms with Crippen molar-refractivity contribution in [2.45, 2.75) is 26.3 Å². The first-order valence-electron chi connectivity index (χ1n) is 7.50. The van der Waals surface area contributed by atoms with Gasteiger partial charge in [-0.25, -0.2) is 9.97 Å². The first-order chi connectivity index (χ1) is 10.5. The first-order valence-corrected chi connectivity index (χ1v) is 7.50. The highest BCUT2D eigenvalue weighted by Gasteiger charge is 2.13. The van der Waals surface area contributed by atoms with Crippen LogP contribution < -0.4 is 11.5 Å². The van der Waals surface area contributed by atoms with Crippen molar-refractivity contribution < 1.29 is 0 Å². The van der Waals surface area contributed by atoms with E-state index in [1.165, 1.54) is 0 Å². The highest BCUT2D eigenvalue weighted by molar-refractivity contribution is 5.82. The largest absolute Gasteiger partial charge is 0.384 e. The van der Waals surface area contributed by atoms with Gasteiger partial charge in [0, 0.05) is 6.20 Å². The van der Waals surface area contributed by atoms with Crippen LogP contribution >= 0.6 is 0 Å². The van der Waals surface area contributed by atoms with Crippen molar-refractivity contribution in [3.8, 4) is 11.1 Å². The number of nitrogen functional groups attached to an aromatic ring is 1. The van der Waals surface area contributed by atoms with Crippen LogP contribution in [0.2, 0.25) is 0 Å². The summed E-state index contributed by atoms with van der Waals surface area (Å²) in [5, 5.41) is 0. The number of hydrogen-bond donors (Lipinski definition) is 3. The SMILES string of the molecule is CC(C)C[C@@H](N)c1nc2ccc(-c3ccnc(N)c3)cc2[nH]1. The fraction of sp³-hybridized carbons (Fsp3) is 0.294. The van der Waals surface area contributed by atoms with E-state index in [0.717, 1.165) is 34.4 Å². The number of nitrogens with zero attached hydrogens (tertiary/aromatic N) is 2. The number of benzene rings is 1. The van der Waals surface area contributed by atoms with Gasteiger partial charge in [-0.05, 0) is 47.7 Å². The molecular weight excluding hydrogens is 274 g/mol. The lowest BCUT2D eigenvalue weighted by Crippen LogP contribution is -2.14. The molecule has 2 aromatic heterocycles. The summed E-state index contributed by atoms with van der Waals surface area (Å²) in [4.78, 5) is 12.0. The van der Waals surface area contributed by atoms with Gasteiger partial charge in [-0.15, -0.1) is 0 Å². The molecular formula is C17H21N5. The monoisotopic (exact) mass is 295 g/mol. The van der Waals surface area contributed by atoms with Gasteiger partial charge in [-0.3, -0.25) is 0 Å². The lowest BCUT2D eigenvalue weighted by atomic mass is 10.0. The number of hydrogen-bond acceptors (Lipinski definition) is 4. The third-order valence-electron chi connectivity index (χ3n) is 3.69. The Labute approximate surface area is 129 Å². The second kappa shape index (κ2) is 5.77. The van der Waals surface area contributed by atoms with Crippen molar-refractivity contribution >= 4 is 16.9 Å². The lowest BCUT2D eigenvalue weighted by Gasteiger charge is -2.10. The van der Waals surface area contributed by atoms with Crippen LogP contribution in [-0.4, -0.2) is 15.0 Å². The third-order valence-corrected chi connectivity index (χ3v) is 3.69. The van der Waals surface area contributed by atoms with E-state index in [-0.39, 0.29) is 6.04 Å². The zero-order valence-electron chi connectivity index (χ0n) is 12.9. The summed E-state index contributed by atoms with van der Waals surface area (Å²) in [6, 6.07) is 9.86. The van der Waals surface area contributed by atoms with E-state index in [0.29, 0.717) is 11.7 Å². The van der Waals surface area contributed by atoms with Gasteiger partial charge in [-0.1, -0.05) is 19.9 Å². The molecule has 0 fully saturated rings. The first kappa shape index (κ1) is 14.5. The molecule has 0 radical (unpaired) electrons. The standard InChI is InChI=1S/C17H21N5/c1-10(2)7-13(18)17-21-14-4-3-11(8-15(14)22-17)12-5-6-20-16(19)9-12/h3-6,8-10,13H,7,18H2,1-2H3,(H2,19,20)(H,21,22)/t13-/m1/s1. The van der Waals surface area contributed by atoms with Crippen LogP contribution in [0.1, 0.15) is 32.1 Å². The van der Waals surface area contributed by atoms with Crippen molar-refractivity contribution in [3.05, 3.63) is 42.4 Å². The van der Waals surface area contributed by atoms with Gasteiger partial charge in [0.25, 0.3) is 0 Å². The number of H-pyrrole nitrogens is 1. The minimum Gasteiger partial charge on any atom is -0.384 e. The molecule has 114 valence electrons. The van der Waals surface area contributed by atoms with Crippen LogP contribution in [0.15, 0.2) is 36.5 Å². The van der Waals surface area contributed by atoms with Crippen molar-refractivity contribution in [2.75, 3.05) is 5.73 Å². The normalized spacial score (nSPS) is 12.9. The van der Waals surface area contributed by atoms with Crippen molar-refractivity contribution in [1.82, 2.24) is 15.0 Å². The molecule has 0 aliphatic heterocycles. The van der Waals surface area contributed by atoms with Crippen molar-refractivity contribution in [1.29, 1.82) is 0 Å². The maximum atomic E-state index is 6.21. The van der Waals surface area contributed by atoms with Crippen molar-refractivity contribution in [3.63, 3.8) is 0 Å². The zero-order chi connectivity index (χ0) is 15.7. The number of imidazole rings is 1. The third kappa shape index (κ3) is 2.94. The number of nitrogens with two attached hydrogens (primary N) is 2. The van der Waals surface area contributed by atoms with Gasteiger partial charge in [0.05, 0.1) is 17.1 Å². The molecule has 1 atom stereocenters. The van der Waals surface area contributed by atoms with Gasteiger partial charge in [0.2, 0.25) is 0 Å². The Morgan fingerprint density at radius 1 is 1.14 bits per heavy atom. The van der Waals surface area contributed by atoms with Crippen LogP contribution in [0.5, 0.6) is 0 Å². The Balaban J connectivity index is 1.96. The smallest absolute Gasteiger partial charge is 0.124 e. The van der Waals surface area contributed by atoms with E-state index in [1.54, 1.807) is 6.20 Å². The molecule has 0 bridgehead atoms. The molecule has 1 aromatic carbocycles. The molecule has 5 nitrogen and oxygen atoms in total. The highest BCUT2D eigenvalue weighted by atomic mass is 15.0. The molecule has 0 unspecified atom stereocenters. The van der Waals surface area contributed by atoms with Crippen LogP contribution in [0, 0.1) is 5.92 Å². The molecule has 0 saturated heterocycles. The number of rotatable bonds is 4. The topological polar surface area (TPSA) is 93.6 Å². The number of aromatic amines is 1. The van der Waals surface area contributed by atoms with Crippen molar-refractivity contribution in [2.24, 2.45) is 11.7 Å². The van der Waals surface area contributed by atoms with Gasteiger partial charge >= 0.3 is 0 Å². The summed E-state index contributed by atoms with van der Waals surface area (Å²) in [7, 11) is 0. The average Bonchev–Trinajstić information content (AvgIpc) is 2.89. The Morgan fingerprint density at radius 3 is 2.64 bits per heavy atom. The van der Waals surface area contributed by atoms with E-state index < -0.39 is 0 Å². The van der Waals surface area contributed by atoms with E-state index in [4.69, 9.17) is 11.5 Å². The molecule has 0 spiro atoms. The quantitative estimate of drug-likeness (QED) is 0.688. The Bertz CT molecular complexity index is 791. The van der Waals surface area contributed by atoms with Crippen LogP contribution in [-0.2, 0) is 0 Å². The molecule has 0 saturated carbocycles. The lowest BCUT2D eigenvalue weighted by molar-refractivity contribution is 0.496. The maximum absolute atomic E-state index is 6.21. The average molecular weight is 295 g/mol. The summed E-state index contributed by atoms with van der Waals surface area (Å²) in [6.07, 6.45) is 2.62. The summed E-state index contributed by atoms with van der Waals surface area (Å²) in [5.74, 6) is 1.90. The fourth-order valence-electron chi connectivity index (χ4n) is 2.63. The number of aromatic nitrogens is 3. The second-order valence-electron chi connectivity index (χ2n) is 6.06. The highest BCUT2D eigenvalue weighted by Crippen LogP contribution is 2.26. The van der Waals surface area contributed by atoms with Crippen LogP contribution in [0.25, 0.3) is 22.2 Å². The van der Waals surface area contributed by atoms with Crippen LogP contribution in [0.3, 0.4) is 0 Å². The predicted molar refractivity (Wildman–Crippen MR) is 90.1 cm³/mol. The minimum absolute atomic E-state index is 0.0626. The summed E-state index contributed by atoms with van der Waals surface area (Å²) < 4.78 is 0. The molecule has 0 aliphatic carbocycles. The minimum atomic E-state index is -0.0626. The number of pyridine rings is 1. The molecule has 22 heavy (non-hydrogen) atoms. The molecule has 0 amide bonds. The summed E-state index contributed by atoms with van der Waals surface area (Å²) in [6.45, 7) is 4.32. The molecule has 5 heteroatoms. The molecule has 3 rings (SSSR count). The Hall–Kier alpha value is -2.40. The number of nitrogens with one attached hydrogen (secondary N) is 1. The summed E-state index contributed by atoms with van der Waals surface area (Å²) >= 11 is 0. The van der Waals surface area contributed by atoms with E-state index >= 15 is 0 Å². The molecule has 2 heterocycles. The van der Waals surface area contributed by atoms with E-state index in [9.17, 15) is 0 Å². The summed E-state index contributed by atoms with van der Waals surface area (Å²) in [5.41, 5.74) is 16.0. The zero-order valence-corrected chi connectivity index (χ0v) is 12.9. The van der Waals surface area contributed by atoms with Gasteiger partial charge in [-0.2, -0.15) is 0 Å². The molecule has 3 aromatic rings. The second-order valence-corrected chi connectivity index (χ2v) is 6.06. The molecule has 0 aliphatic rings.